The summed E-state index contributed by atoms with van der Waals surface area (Å²) < 4.78 is 0. The highest BCUT2D eigenvalue weighted by Crippen LogP contribution is 2.50. The van der Waals surface area contributed by atoms with Gasteiger partial charge in [-0.1, -0.05) is 30.3 Å². The fourth-order valence-electron chi connectivity index (χ4n) is 3.32. The fraction of sp³-hybridized carbons (Fsp3) is 0.0500. The third kappa shape index (κ3) is 2.07. The Balaban J connectivity index is 1.73. The largest absolute Gasteiger partial charge is 0.374 e. The Labute approximate surface area is 156 Å². The van der Waals surface area contributed by atoms with Crippen molar-refractivity contribution < 1.29 is 9.90 Å². The maximum Gasteiger partial charge on any atom is 0.204 e. The quantitative estimate of drug-likeness (QED) is 0.508. The summed E-state index contributed by atoms with van der Waals surface area (Å²) in [6.45, 7) is 0. The van der Waals surface area contributed by atoms with Gasteiger partial charge in [-0.2, -0.15) is 0 Å². The molecule has 2 nitrogen and oxygen atoms in total. The molecule has 0 fully saturated rings. The predicted octanol–water partition coefficient (Wildman–Crippen LogP) is 5.37. The maximum atomic E-state index is 12.7. The zero-order valence-electron chi connectivity index (χ0n) is 12.9. The molecule has 4 aromatic rings. The van der Waals surface area contributed by atoms with Gasteiger partial charge in [0, 0.05) is 20.9 Å². The molecule has 0 bridgehead atoms. The van der Waals surface area contributed by atoms with Gasteiger partial charge in [-0.15, -0.1) is 34.0 Å². The summed E-state index contributed by atoms with van der Waals surface area (Å²) in [5.41, 5.74) is 1.21. The Morgan fingerprint density at radius 1 is 0.880 bits per heavy atom. The summed E-state index contributed by atoms with van der Waals surface area (Å²) in [4.78, 5) is 16.0. The molecule has 1 unspecified atom stereocenters. The standard InChI is InChI=1S/C20H12O2S3/c21-17-13-8-10-24-19(13)20(22,14-9-11-23-18(14)17)16-7-6-15(25-16)12-4-2-1-3-5-12/h1-11,22H. The van der Waals surface area contributed by atoms with Gasteiger partial charge in [-0.3, -0.25) is 4.79 Å². The first-order valence-electron chi connectivity index (χ1n) is 7.78. The minimum atomic E-state index is -1.25. The predicted molar refractivity (Wildman–Crippen MR) is 104 cm³/mol. The molecule has 5 rings (SSSR count). The number of thiophene rings is 3. The first-order chi connectivity index (χ1) is 12.2. The minimum absolute atomic E-state index is 0.0192. The molecule has 1 N–H and O–H groups in total. The van der Waals surface area contributed by atoms with E-state index in [0.29, 0.717) is 16.0 Å². The zero-order chi connectivity index (χ0) is 17.0. The van der Waals surface area contributed by atoms with Gasteiger partial charge in [0.25, 0.3) is 0 Å². The number of ketones is 1. The SMILES string of the molecule is O=C1c2ccsc2C(O)(c2ccc(-c3ccccc3)s2)c2ccsc21. The van der Waals surface area contributed by atoms with Crippen LogP contribution in [0.3, 0.4) is 0 Å². The summed E-state index contributed by atoms with van der Waals surface area (Å²) in [7, 11) is 0. The molecule has 0 saturated carbocycles. The highest BCUT2D eigenvalue weighted by molar-refractivity contribution is 7.16. The third-order valence-corrected chi connectivity index (χ3v) is 7.70. The Morgan fingerprint density at radius 3 is 2.52 bits per heavy atom. The number of hydrogen-bond donors (Lipinski definition) is 1. The normalized spacial score (nSPS) is 18.8. The van der Waals surface area contributed by atoms with Crippen molar-refractivity contribution in [3.8, 4) is 10.4 Å². The molecular weight excluding hydrogens is 368 g/mol. The Hall–Kier alpha value is -2.05. The van der Waals surface area contributed by atoms with Crippen molar-refractivity contribution in [3.05, 3.63) is 91.1 Å². The van der Waals surface area contributed by atoms with E-state index in [9.17, 15) is 9.90 Å². The van der Waals surface area contributed by atoms with E-state index in [-0.39, 0.29) is 5.78 Å². The molecule has 3 heterocycles. The smallest absolute Gasteiger partial charge is 0.204 e. The second-order valence-electron chi connectivity index (χ2n) is 5.90. The second kappa shape index (κ2) is 5.47. The molecule has 0 aliphatic heterocycles. The highest BCUT2D eigenvalue weighted by Gasteiger charge is 2.46. The van der Waals surface area contributed by atoms with E-state index in [1.54, 1.807) is 11.3 Å². The van der Waals surface area contributed by atoms with Crippen LogP contribution in [-0.2, 0) is 5.60 Å². The van der Waals surface area contributed by atoms with Crippen molar-refractivity contribution in [1.29, 1.82) is 0 Å². The molecule has 3 aromatic heterocycles. The van der Waals surface area contributed by atoms with Crippen LogP contribution in [0.15, 0.2) is 65.4 Å². The molecule has 1 atom stereocenters. The summed E-state index contributed by atoms with van der Waals surface area (Å²) >= 11 is 4.42. The van der Waals surface area contributed by atoms with Crippen molar-refractivity contribution in [3.63, 3.8) is 0 Å². The average Bonchev–Trinajstić information content (AvgIpc) is 3.41. The highest BCUT2D eigenvalue weighted by atomic mass is 32.1. The molecule has 0 spiro atoms. The van der Waals surface area contributed by atoms with Crippen LogP contribution in [0, 0.1) is 0 Å². The summed E-state index contributed by atoms with van der Waals surface area (Å²) in [6, 6.07) is 17.9. The monoisotopic (exact) mass is 380 g/mol. The van der Waals surface area contributed by atoms with Gasteiger partial charge < -0.3 is 5.11 Å². The van der Waals surface area contributed by atoms with Crippen LogP contribution in [0.1, 0.15) is 30.6 Å². The number of fused-ring (bicyclic) bond motifs is 2. The number of aliphatic hydroxyl groups is 1. The average molecular weight is 381 g/mol. The summed E-state index contributed by atoms with van der Waals surface area (Å²) in [5, 5.41) is 15.5. The number of carbonyl (C=O) groups is 1. The van der Waals surface area contributed by atoms with Crippen LogP contribution in [-0.4, -0.2) is 10.9 Å². The molecule has 1 aromatic carbocycles. The topological polar surface area (TPSA) is 37.3 Å². The van der Waals surface area contributed by atoms with Crippen LogP contribution in [0.4, 0.5) is 0 Å². The van der Waals surface area contributed by atoms with Gasteiger partial charge >= 0.3 is 0 Å². The third-order valence-electron chi connectivity index (χ3n) is 4.52. The van der Waals surface area contributed by atoms with Crippen LogP contribution in [0.25, 0.3) is 10.4 Å². The lowest BCUT2D eigenvalue weighted by atomic mass is 9.82. The van der Waals surface area contributed by atoms with Gasteiger partial charge in [-0.25, -0.2) is 0 Å². The Bertz CT molecular complexity index is 1040. The lowest BCUT2D eigenvalue weighted by molar-refractivity contribution is 0.0975. The number of benzene rings is 1. The van der Waals surface area contributed by atoms with Crippen molar-refractivity contribution in [1.82, 2.24) is 0 Å². The lowest BCUT2D eigenvalue weighted by Crippen LogP contribution is -2.33. The molecule has 122 valence electrons. The zero-order valence-corrected chi connectivity index (χ0v) is 15.4. The molecule has 0 saturated heterocycles. The molecule has 0 radical (unpaired) electrons. The molecule has 1 aliphatic rings. The molecular formula is C20H12O2S3. The molecule has 1 aliphatic carbocycles. The maximum absolute atomic E-state index is 12.7. The lowest BCUT2D eigenvalue weighted by Gasteiger charge is -2.31. The second-order valence-corrected chi connectivity index (χ2v) is 8.81. The minimum Gasteiger partial charge on any atom is -0.374 e. The summed E-state index contributed by atoms with van der Waals surface area (Å²) in [6.07, 6.45) is 0. The first-order valence-corrected chi connectivity index (χ1v) is 10.4. The fourth-order valence-corrected chi connectivity index (χ4v) is 6.42. The van der Waals surface area contributed by atoms with Gasteiger partial charge in [0.2, 0.25) is 5.78 Å². The van der Waals surface area contributed by atoms with Gasteiger partial charge in [0.05, 0.1) is 9.75 Å². The van der Waals surface area contributed by atoms with Crippen LogP contribution in [0.2, 0.25) is 0 Å². The van der Waals surface area contributed by atoms with Gasteiger partial charge in [-0.05, 0) is 40.6 Å². The molecule has 25 heavy (non-hydrogen) atoms. The van der Waals surface area contributed by atoms with E-state index in [1.165, 1.54) is 22.7 Å². The van der Waals surface area contributed by atoms with Crippen LogP contribution in [0.5, 0.6) is 0 Å². The summed E-state index contributed by atoms with van der Waals surface area (Å²) in [5.74, 6) is 0.0192. The van der Waals surface area contributed by atoms with Gasteiger partial charge in [0.15, 0.2) is 5.60 Å². The van der Waals surface area contributed by atoms with Crippen LogP contribution >= 0.6 is 34.0 Å². The van der Waals surface area contributed by atoms with Gasteiger partial charge in [0.1, 0.15) is 0 Å². The molecule has 0 amide bonds. The molecule has 5 heteroatoms. The Morgan fingerprint density at radius 2 is 1.68 bits per heavy atom. The van der Waals surface area contributed by atoms with Crippen molar-refractivity contribution >= 4 is 39.8 Å². The van der Waals surface area contributed by atoms with Crippen molar-refractivity contribution in [2.24, 2.45) is 0 Å². The number of carbonyl (C=O) groups excluding carboxylic acids is 1. The van der Waals surface area contributed by atoms with E-state index < -0.39 is 5.60 Å². The Kier molecular flexibility index (Phi) is 3.33. The first kappa shape index (κ1) is 15.2. The van der Waals surface area contributed by atoms with Crippen molar-refractivity contribution in [2.45, 2.75) is 5.60 Å². The van der Waals surface area contributed by atoms with E-state index in [0.717, 1.165) is 20.2 Å². The van der Waals surface area contributed by atoms with E-state index in [1.807, 2.05) is 53.2 Å². The van der Waals surface area contributed by atoms with E-state index in [4.69, 9.17) is 0 Å². The van der Waals surface area contributed by atoms with E-state index in [2.05, 4.69) is 12.1 Å². The van der Waals surface area contributed by atoms with Crippen molar-refractivity contribution in [2.75, 3.05) is 0 Å². The van der Waals surface area contributed by atoms with Crippen LogP contribution < -0.4 is 0 Å². The van der Waals surface area contributed by atoms with E-state index >= 15 is 0 Å². The number of rotatable bonds is 2. The number of hydrogen-bond acceptors (Lipinski definition) is 5.